The van der Waals surface area contributed by atoms with Gasteiger partial charge in [0, 0.05) is 25.2 Å². The van der Waals surface area contributed by atoms with Crippen molar-refractivity contribution in [2.24, 2.45) is 5.92 Å². The van der Waals surface area contributed by atoms with Crippen molar-refractivity contribution in [1.82, 2.24) is 14.5 Å². The Balaban J connectivity index is 1.76. The maximum Gasteiger partial charge on any atom is 0.416 e. The van der Waals surface area contributed by atoms with Crippen LogP contribution >= 0.6 is 0 Å². The van der Waals surface area contributed by atoms with Crippen LogP contribution in [-0.2, 0) is 21.0 Å². The van der Waals surface area contributed by atoms with Crippen LogP contribution in [0.2, 0.25) is 0 Å². The van der Waals surface area contributed by atoms with Gasteiger partial charge in [0.2, 0.25) is 15.9 Å². The van der Waals surface area contributed by atoms with Crippen molar-refractivity contribution in [2.75, 3.05) is 26.2 Å². The molecule has 174 valence electrons. The largest absolute Gasteiger partial charge is 0.416 e. The van der Waals surface area contributed by atoms with E-state index in [0.717, 1.165) is 18.6 Å². The Labute approximate surface area is 181 Å². The molecule has 2 aliphatic rings. The molecule has 1 amide bonds. The van der Waals surface area contributed by atoms with Crippen molar-refractivity contribution in [3.8, 4) is 0 Å². The van der Waals surface area contributed by atoms with E-state index in [0.29, 0.717) is 50.9 Å². The molecule has 1 atom stereocenters. The Hall–Kier alpha value is -1.65. The van der Waals surface area contributed by atoms with E-state index in [-0.39, 0.29) is 29.4 Å². The van der Waals surface area contributed by atoms with Crippen LogP contribution in [0, 0.1) is 5.92 Å². The zero-order valence-electron chi connectivity index (χ0n) is 17.9. The van der Waals surface area contributed by atoms with Crippen molar-refractivity contribution in [1.29, 1.82) is 0 Å². The van der Waals surface area contributed by atoms with Crippen LogP contribution in [-0.4, -0.2) is 61.8 Å². The molecule has 1 aromatic rings. The fourth-order valence-corrected chi connectivity index (χ4v) is 5.87. The van der Waals surface area contributed by atoms with Crippen LogP contribution in [0.15, 0.2) is 29.2 Å². The Morgan fingerprint density at radius 1 is 1.23 bits per heavy atom. The van der Waals surface area contributed by atoms with Crippen molar-refractivity contribution < 1.29 is 26.4 Å². The summed E-state index contributed by atoms with van der Waals surface area (Å²) in [6.07, 6.45) is -1.86. The number of nitrogens with zero attached hydrogens (tertiary/aromatic N) is 2. The third-order valence-corrected chi connectivity index (χ3v) is 7.56. The lowest BCUT2D eigenvalue weighted by atomic mass is 10.1. The number of rotatable bonds is 8. The summed E-state index contributed by atoms with van der Waals surface area (Å²) in [5, 5.41) is 2.87. The quantitative estimate of drug-likeness (QED) is 0.646. The van der Waals surface area contributed by atoms with E-state index >= 15 is 0 Å². The van der Waals surface area contributed by atoms with Crippen LogP contribution in [0.1, 0.15) is 45.1 Å². The molecule has 1 heterocycles. The fourth-order valence-electron chi connectivity index (χ4n) is 3.93. The van der Waals surface area contributed by atoms with Gasteiger partial charge in [-0.1, -0.05) is 19.9 Å². The molecule has 1 aliphatic carbocycles. The predicted octanol–water partition coefficient (Wildman–Crippen LogP) is 3.10. The molecule has 1 N–H and O–H groups in total. The summed E-state index contributed by atoms with van der Waals surface area (Å²) in [5.41, 5.74) is -0.976. The molecule has 31 heavy (non-hydrogen) atoms. The highest BCUT2D eigenvalue weighted by Gasteiger charge is 2.44. The van der Waals surface area contributed by atoms with Gasteiger partial charge < -0.3 is 5.32 Å². The van der Waals surface area contributed by atoms with Gasteiger partial charge in [0.1, 0.15) is 0 Å². The fraction of sp³-hybridized carbons (Fsp3) is 0.667. The minimum absolute atomic E-state index is 0.104. The van der Waals surface area contributed by atoms with Gasteiger partial charge >= 0.3 is 6.18 Å². The Kier molecular flexibility index (Phi) is 7.32. The first-order valence-corrected chi connectivity index (χ1v) is 12.1. The van der Waals surface area contributed by atoms with E-state index in [9.17, 15) is 26.4 Å². The minimum Gasteiger partial charge on any atom is -0.355 e. The molecule has 0 aromatic heterocycles. The number of hydrogen-bond acceptors (Lipinski definition) is 4. The Morgan fingerprint density at radius 2 is 1.94 bits per heavy atom. The Bertz CT molecular complexity index is 885. The molecule has 0 radical (unpaired) electrons. The van der Waals surface area contributed by atoms with Gasteiger partial charge in [-0.3, -0.25) is 9.69 Å². The smallest absolute Gasteiger partial charge is 0.355 e. The molecule has 0 spiro atoms. The first-order valence-electron chi connectivity index (χ1n) is 10.7. The first-order chi connectivity index (χ1) is 14.5. The molecular weight excluding hydrogens is 431 g/mol. The number of amides is 1. The van der Waals surface area contributed by atoms with E-state index in [1.54, 1.807) is 0 Å². The highest BCUT2D eigenvalue weighted by atomic mass is 32.2. The summed E-state index contributed by atoms with van der Waals surface area (Å²) in [6.45, 7) is 5.85. The van der Waals surface area contributed by atoms with Crippen LogP contribution in [0.4, 0.5) is 13.2 Å². The summed E-state index contributed by atoms with van der Waals surface area (Å²) >= 11 is 0. The van der Waals surface area contributed by atoms with Crippen molar-refractivity contribution in [2.45, 2.75) is 62.7 Å². The van der Waals surface area contributed by atoms with Crippen molar-refractivity contribution >= 4 is 15.9 Å². The molecule has 2 fully saturated rings. The zero-order valence-corrected chi connectivity index (χ0v) is 18.7. The van der Waals surface area contributed by atoms with Crippen LogP contribution in [0.3, 0.4) is 0 Å². The Morgan fingerprint density at radius 3 is 2.55 bits per heavy atom. The molecular formula is C21H30F3N3O3S. The number of sulfonamides is 1. The predicted molar refractivity (Wildman–Crippen MR) is 111 cm³/mol. The highest BCUT2D eigenvalue weighted by molar-refractivity contribution is 7.89. The monoisotopic (exact) mass is 461 g/mol. The molecule has 1 unspecified atom stereocenters. The third kappa shape index (κ3) is 6.20. The third-order valence-electron chi connectivity index (χ3n) is 5.56. The first kappa shape index (κ1) is 24.0. The second-order valence-electron chi connectivity index (χ2n) is 8.82. The molecule has 1 aromatic carbocycles. The number of nitrogens with one attached hydrogen (secondary N) is 1. The molecule has 1 saturated heterocycles. The van der Waals surface area contributed by atoms with Gasteiger partial charge in [0.05, 0.1) is 17.0 Å². The second-order valence-corrected chi connectivity index (χ2v) is 10.7. The number of benzene rings is 1. The number of carbonyl (C=O) groups is 1. The lowest BCUT2D eigenvalue weighted by molar-refractivity contribution is -0.137. The van der Waals surface area contributed by atoms with Crippen LogP contribution < -0.4 is 5.32 Å². The van der Waals surface area contributed by atoms with Crippen LogP contribution in [0.5, 0.6) is 0 Å². The molecule has 10 heteroatoms. The molecule has 6 nitrogen and oxygen atoms in total. The normalized spacial score (nSPS) is 20.9. The van der Waals surface area contributed by atoms with Crippen molar-refractivity contribution in [3.05, 3.63) is 29.8 Å². The highest BCUT2D eigenvalue weighted by Crippen LogP contribution is 2.37. The summed E-state index contributed by atoms with van der Waals surface area (Å²) in [4.78, 5) is 13.8. The molecule has 0 bridgehead atoms. The number of hydrogen-bond donors (Lipinski definition) is 1. The zero-order chi connectivity index (χ0) is 22.8. The summed E-state index contributed by atoms with van der Waals surface area (Å²) in [5.74, 6) is 0.231. The SMILES string of the molecule is CC(C)CNC(=O)CN1CCCC(N(C2CC2)S(=O)(=O)c2cccc(C(F)(F)F)c2)C1. The van der Waals surface area contributed by atoms with E-state index in [1.165, 1.54) is 10.4 Å². The van der Waals surface area contributed by atoms with Gasteiger partial charge in [0.25, 0.3) is 0 Å². The van der Waals surface area contributed by atoms with E-state index in [2.05, 4.69) is 5.32 Å². The summed E-state index contributed by atoms with van der Waals surface area (Å²) in [7, 11) is -4.09. The van der Waals surface area contributed by atoms with Crippen molar-refractivity contribution in [3.63, 3.8) is 0 Å². The molecule has 3 rings (SSSR count). The molecule has 1 saturated carbocycles. The lowest BCUT2D eigenvalue weighted by Gasteiger charge is -2.38. The van der Waals surface area contributed by atoms with E-state index < -0.39 is 21.8 Å². The average molecular weight is 462 g/mol. The second kappa shape index (κ2) is 9.46. The average Bonchev–Trinajstić information content (AvgIpc) is 3.51. The van der Waals surface area contributed by atoms with Gasteiger partial charge in [-0.15, -0.1) is 0 Å². The lowest BCUT2D eigenvalue weighted by Crippen LogP contribution is -2.52. The van der Waals surface area contributed by atoms with Gasteiger partial charge in [0.15, 0.2) is 0 Å². The van der Waals surface area contributed by atoms with Gasteiger partial charge in [-0.05, 0) is 56.3 Å². The van der Waals surface area contributed by atoms with E-state index in [4.69, 9.17) is 0 Å². The number of carbonyl (C=O) groups excluding carboxylic acids is 1. The number of halogens is 3. The number of piperidine rings is 1. The number of likely N-dealkylation sites (tertiary alicyclic amines) is 1. The standard InChI is InChI=1S/C21H30F3N3O3S/c1-15(2)12-25-20(28)14-26-10-4-6-18(13-26)27(17-8-9-17)31(29,30)19-7-3-5-16(11-19)21(22,23)24/h3,5,7,11,15,17-18H,4,6,8-10,12-14H2,1-2H3,(H,25,28). The molecule has 1 aliphatic heterocycles. The topological polar surface area (TPSA) is 69.7 Å². The van der Waals surface area contributed by atoms with Gasteiger partial charge in [-0.25, -0.2) is 8.42 Å². The van der Waals surface area contributed by atoms with Crippen LogP contribution in [0.25, 0.3) is 0 Å². The number of alkyl halides is 3. The summed E-state index contributed by atoms with van der Waals surface area (Å²) in [6, 6.07) is 3.38. The minimum atomic E-state index is -4.61. The summed E-state index contributed by atoms with van der Waals surface area (Å²) < 4.78 is 67.5. The maximum atomic E-state index is 13.4. The maximum absolute atomic E-state index is 13.4. The van der Waals surface area contributed by atoms with E-state index in [1.807, 2.05) is 18.7 Å². The van der Waals surface area contributed by atoms with Gasteiger partial charge in [-0.2, -0.15) is 17.5 Å².